The summed E-state index contributed by atoms with van der Waals surface area (Å²) in [5.41, 5.74) is 0. The van der Waals surface area contributed by atoms with Crippen LogP contribution in [0.3, 0.4) is 0 Å². The van der Waals surface area contributed by atoms with Crippen molar-refractivity contribution in [1.29, 1.82) is 0 Å². The van der Waals surface area contributed by atoms with E-state index in [2.05, 4.69) is 27.7 Å². The Bertz CT molecular complexity index is 445. The molecular formula is C28H54O4. The largest absolute Gasteiger partial charge is 0.466 e. The molecule has 190 valence electrons. The molecule has 1 unspecified atom stereocenters. The minimum absolute atomic E-state index is 0.0202. The van der Waals surface area contributed by atoms with Crippen molar-refractivity contribution < 1.29 is 19.1 Å². The molecule has 0 rings (SSSR count). The fourth-order valence-electron chi connectivity index (χ4n) is 3.81. The van der Waals surface area contributed by atoms with Crippen LogP contribution in [0.15, 0.2) is 0 Å². The van der Waals surface area contributed by atoms with E-state index in [0.29, 0.717) is 31.5 Å². The zero-order valence-corrected chi connectivity index (χ0v) is 22.1. The second kappa shape index (κ2) is 21.8. The molecule has 4 nitrogen and oxygen atoms in total. The van der Waals surface area contributed by atoms with Crippen molar-refractivity contribution in [2.75, 3.05) is 13.2 Å². The summed E-state index contributed by atoms with van der Waals surface area (Å²) in [5, 5.41) is 0. The van der Waals surface area contributed by atoms with Gasteiger partial charge in [0.05, 0.1) is 19.1 Å². The Kier molecular flexibility index (Phi) is 21.0. The lowest BCUT2D eigenvalue weighted by atomic mass is 10.0. The lowest BCUT2D eigenvalue weighted by Gasteiger charge is -2.12. The van der Waals surface area contributed by atoms with Gasteiger partial charge in [0.15, 0.2) is 0 Å². The summed E-state index contributed by atoms with van der Waals surface area (Å²) in [6, 6.07) is 0. The average Bonchev–Trinajstić information content (AvgIpc) is 2.74. The summed E-state index contributed by atoms with van der Waals surface area (Å²) in [7, 11) is 0. The Balaban J connectivity index is 3.35. The molecule has 1 atom stereocenters. The van der Waals surface area contributed by atoms with E-state index in [0.717, 1.165) is 51.4 Å². The predicted octanol–water partition coefficient (Wildman–Crippen LogP) is 8.26. The average molecular weight is 455 g/mol. The Morgan fingerprint density at radius 2 is 0.969 bits per heavy atom. The van der Waals surface area contributed by atoms with Gasteiger partial charge in [0, 0.05) is 6.42 Å². The molecule has 0 aliphatic carbocycles. The number of hydrogen-bond acceptors (Lipinski definition) is 4. The first kappa shape index (κ1) is 30.9. The van der Waals surface area contributed by atoms with Crippen LogP contribution in [0.1, 0.15) is 137 Å². The first-order valence-corrected chi connectivity index (χ1v) is 13.6. The fourth-order valence-corrected chi connectivity index (χ4v) is 3.81. The molecule has 0 aromatic rings. The van der Waals surface area contributed by atoms with Crippen LogP contribution in [0, 0.1) is 17.8 Å². The molecule has 0 aliphatic heterocycles. The minimum Gasteiger partial charge on any atom is -0.466 e. The van der Waals surface area contributed by atoms with E-state index < -0.39 is 0 Å². The molecule has 0 amide bonds. The third-order valence-electron chi connectivity index (χ3n) is 6.03. The molecule has 0 spiro atoms. The third-order valence-corrected chi connectivity index (χ3v) is 6.03. The van der Waals surface area contributed by atoms with Gasteiger partial charge in [-0.25, -0.2) is 0 Å². The summed E-state index contributed by atoms with van der Waals surface area (Å²) in [6.45, 7) is 11.9. The van der Waals surface area contributed by atoms with Crippen LogP contribution in [0.5, 0.6) is 0 Å². The van der Waals surface area contributed by atoms with Gasteiger partial charge in [-0.15, -0.1) is 0 Å². The first-order chi connectivity index (χ1) is 15.3. The Hall–Kier alpha value is -1.06. The van der Waals surface area contributed by atoms with Crippen molar-refractivity contribution in [3.63, 3.8) is 0 Å². The van der Waals surface area contributed by atoms with E-state index in [1.54, 1.807) is 0 Å². The van der Waals surface area contributed by atoms with Crippen LogP contribution in [-0.4, -0.2) is 25.2 Å². The third kappa shape index (κ3) is 22.1. The zero-order chi connectivity index (χ0) is 24.0. The standard InChI is InChI=1S/C28H54O4/c1-24(2)18-16-22-31-27(29)21-15-13-11-9-7-6-8-10-12-14-20-26(5)28(30)32-23-17-19-25(3)4/h24-26H,6-23H2,1-5H3. The fraction of sp³-hybridized carbons (Fsp3) is 0.929. The molecule has 4 heteroatoms. The van der Waals surface area contributed by atoms with Gasteiger partial charge in [-0.05, 0) is 50.4 Å². The molecule has 0 aliphatic rings. The smallest absolute Gasteiger partial charge is 0.308 e. The Morgan fingerprint density at radius 3 is 1.47 bits per heavy atom. The maximum Gasteiger partial charge on any atom is 0.308 e. The molecular weight excluding hydrogens is 400 g/mol. The molecule has 0 heterocycles. The highest BCUT2D eigenvalue weighted by Crippen LogP contribution is 2.15. The summed E-state index contributed by atoms with van der Waals surface area (Å²) in [4.78, 5) is 23.6. The van der Waals surface area contributed by atoms with Crippen LogP contribution in [0.4, 0.5) is 0 Å². The van der Waals surface area contributed by atoms with Gasteiger partial charge in [0.2, 0.25) is 0 Å². The van der Waals surface area contributed by atoms with Gasteiger partial charge in [0.1, 0.15) is 0 Å². The van der Waals surface area contributed by atoms with Crippen LogP contribution in [-0.2, 0) is 19.1 Å². The van der Waals surface area contributed by atoms with Crippen LogP contribution < -0.4 is 0 Å². The van der Waals surface area contributed by atoms with Gasteiger partial charge < -0.3 is 9.47 Å². The normalized spacial score (nSPS) is 12.3. The molecule has 0 aromatic carbocycles. The number of carbonyl (C=O) groups excluding carboxylic acids is 2. The Labute approximate surface area is 199 Å². The van der Waals surface area contributed by atoms with E-state index in [-0.39, 0.29) is 17.9 Å². The first-order valence-electron chi connectivity index (χ1n) is 13.6. The number of ether oxygens (including phenoxy) is 2. The maximum absolute atomic E-state index is 12.0. The lowest BCUT2D eigenvalue weighted by molar-refractivity contribution is -0.148. The molecule has 0 radical (unpaired) electrons. The summed E-state index contributed by atoms with van der Waals surface area (Å²) in [6.07, 6.45) is 17.8. The van der Waals surface area contributed by atoms with E-state index in [9.17, 15) is 9.59 Å². The van der Waals surface area contributed by atoms with Crippen molar-refractivity contribution in [1.82, 2.24) is 0 Å². The van der Waals surface area contributed by atoms with Crippen LogP contribution in [0.2, 0.25) is 0 Å². The molecule has 0 saturated heterocycles. The summed E-state index contributed by atoms with van der Waals surface area (Å²) in [5.74, 6) is 1.34. The molecule has 0 bridgehead atoms. The highest BCUT2D eigenvalue weighted by atomic mass is 16.5. The number of rotatable bonds is 22. The summed E-state index contributed by atoms with van der Waals surface area (Å²) >= 11 is 0. The van der Waals surface area contributed by atoms with E-state index >= 15 is 0 Å². The van der Waals surface area contributed by atoms with Crippen molar-refractivity contribution in [3.05, 3.63) is 0 Å². The molecule has 0 N–H and O–H groups in total. The van der Waals surface area contributed by atoms with Gasteiger partial charge in [0.25, 0.3) is 0 Å². The molecule has 0 aromatic heterocycles. The summed E-state index contributed by atoms with van der Waals surface area (Å²) < 4.78 is 10.7. The van der Waals surface area contributed by atoms with Crippen LogP contribution in [0.25, 0.3) is 0 Å². The van der Waals surface area contributed by atoms with Gasteiger partial charge >= 0.3 is 11.9 Å². The topological polar surface area (TPSA) is 52.6 Å². The SMILES string of the molecule is CC(C)CCCOC(=O)CCCCCCCCCCCCC(C)C(=O)OCCCC(C)C. The minimum atomic E-state index is -0.0255. The van der Waals surface area contributed by atoms with Crippen molar-refractivity contribution in [3.8, 4) is 0 Å². The molecule has 0 saturated carbocycles. The second-order valence-corrected chi connectivity index (χ2v) is 10.4. The maximum atomic E-state index is 12.0. The number of unbranched alkanes of at least 4 members (excludes halogenated alkanes) is 9. The quantitative estimate of drug-likeness (QED) is 0.122. The predicted molar refractivity (Wildman–Crippen MR) is 135 cm³/mol. The van der Waals surface area contributed by atoms with Crippen molar-refractivity contribution >= 4 is 11.9 Å². The number of esters is 2. The van der Waals surface area contributed by atoms with Gasteiger partial charge in [-0.3, -0.25) is 9.59 Å². The highest BCUT2D eigenvalue weighted by molar-refractivity contribution is 5.71. The number of carbonyl (C=O) groups is 2. The second-order valence-electron chi connectivity index (χ2n) is 10.4. The Morgan fingerprint density at radius 1 is 0.531 bits per heavy atom. The lowest BCUT2D eigenvalue weighted by Crippen LogP contribution is -2.15. The van der Waals surface area contributed by atoms with Crippen LogP contribution >= 0.6 is 0 Å². The monoisotopic (exact) mass is 454 g/mol. The zero-order valence-electron chi connectivity index (χ0n) is 22.1. The molecule has 0 fully saturated rings. The van der Waals surface area contributed by atoms with Gasteiger partial charge in [-0.2, -0.15) is 0 Å². The van der Waals surface area contributed by atoms with Crippen molar-refractivity contribution in [2.24, 2.45) is 17.8 Å². The van der Waals surface area contributed by atoms with E-state index in [1.807, 2.05) is 6.92 Å². The van der Waals surface area contributed by atoms with E-state index in [1.165, 1.54) is 44.9 Å². The number of hydrogen-bond donors (Lipinski definition) is 0. The van der Waals surface area contributed by atoms with Crippen molar-refractivity contribution in [2.45, 2.75) is 137 Å². The highest BCUT2D eigenvalue weighted by Gasteiger charge is 2.13. The van der Waals surface area contributed by atoms with Gasteiger partial charge in [-0.1, -0.05) is 92.4 Å². The molecule has 32 heavy (non-hydrogen) atoms. The van der Waals surface area contributed by atoms with E-state index in [4.69, 9.17) is 9.47 Å².